The van der Waals surface area contributed by atoms with E-state index < -0.39 is 6.61 Å². The SMILES string of the molecule is FC(F)Oc1ccccc1C1CCCc2c1ccc1c2ccc2ccccc21. The number of alkyl halides is 2. The monoisotopic (exact) mass is 374 g/mol. The zero-order valence-corrected chi connectivity index (χ0v) is 15.4. The zero-order valence-electron chi connectivity index (χ0n) is 15.4. The molecule has 3 heteroatoms. The fraction of sp³-hybridized carbons (Fsp3) is 0.200. The molecule has 1 atom stereocenters. The normalized spacial score (nSPS) is 16.5. The van der Waals surface area contributed by atoms with Crippen molar-refractivity contribution in [3.63, 3.8) is 0 Å². The lowest BCUT2D eigenvalue weighted by Gasteiger charge is -2.28. The summed E-state index contributed by atoms with van der Waals surface area (Å²) in [6.45, 7) is -2.81. The Morgan fingerprint density at radius 3 is 2.43 bits per heavy atom. The highest BCUT2D eigenvalue weighted by atomic mass is 19.3. The molecule has 28 heavy (non-hydrogen) atoms. The lowest BCUT2D eigenvalue weighted by Crippen LogP contribution is -2.14. The standard InChI is InChI=1S/C25H20F2O/c26-25(27)28-24-11-4-3-8-23(24)19-10-5-9-18-21-13-12-16-6-1-2-7-17(16)20(21)14-15-22(18)19/h1-4,6-8,11-15,19,25H,5,9-10H2. The van der Waals surface area contributed by atoms with Crippen molar-refractivity contribution < 1.29 is 13.5 Å². The highest BCUT2D eigenvalue weighted by Crippen LogP contribution is 2.43. The smallest absolute Gasteiger partial charge is 0.387 e. The topological polar surface area (TPSA) is 9.23 Å². The largest absolute Gasteiger partial charge is 0.435 e. The minimum atomic E-state index is -2.81. The summed E-state index contributed by atoms with van der Waals surface area (Å²) in [7, 11) is 0. The summed E-state index contributed by atoms with van der Waals surface area (Å²) in [4.78, 5) is 0. The van der Waals surface area contributed by atoms with Crippen LogP contribution in [0.1, 0.15) is 35.4 Å². The molecule has 1 aliphatic carbocycles. The molecular formula is C25H20F2O. The van der Waals surface area contributed by atoms with Crippen molar-refractivity contribution in [2.75, 3.05) is 0 Å². The maximum Gasteiger partial charge on any atom is 0.387 e. The number of benzene rings is 4. The van der Waals surface area contributed by atoms with Gasteiger partial charge < -0.3 is 4.74 Å². The van der Waals surface area contributed by atoms with E-state index in [9.17, 15) is 8.78 Å². The first-order valence-corrected chi connectivity index (χ1v) is 9.69. The minimum absolute atomic E-state index is 0.0783. The first kappa shape index (κ1) is 17.2. The summed E-state index contributed by atoms with van der Waals surface area (Å²) in [6.07, 6.45) is 2.99. The Balaban J connectivity index is 1.69. The van der Waals surface area contributed by atoms with E-state index in [1.165, 1.54) is 32.7 Å². The Morgan fingerprint density at radius 2 is 1.54 bits per heavy atom. The molecule has 0 radical (unpaired) electrons. The van der Waals surface area contributed by atoms with E-state index in [-0.39, 0.29) is 11.7 Å². The summed E-state index contributed by atoms with van der Waals surface area (Å²) >= 11 is 0. The average molecular weight is 374 g/mol. The van der Waals surface area contributed by atoms with Gasteiger partial charge in [0, 0.05) is 11.5 Å². The van der Waals surface area contributed by atoms with Crippen molar-refractivity contribution in [1.29, 1.82) is 0 Å². The average Bonchev–Trinajstić information content (AvgIpc) is 2.73. The Bertz CT molecular complexity index is 1170. The molecule has 0 saturated carbocycles. The molecule has 0 fully saturated rings. The van der Waals surface area contributed by atoms with Crippen LogP contribution in [0.25, 0.3) is 21.5 Å². The van der Waals surface area contributed by atoms with E-state index in [2.05, 4.69) is 48.5 Å². The molecule has 4 aromatic rings. The van der Waals surface area contributed by atoms with Crippen molar-refractivity contribution in [2.45, 2.75) is 31.8 Å². The number of rotatable bonds is 3. The van der Waals surface area contributed by atoms with Gasteiger partial charge in [0.15, 0.2) is 0 Å². The molecule has 1 nitrogen and oxygen atoms in total. The summed E-state index contributed by atoms with van der Waals surface area (Å²) in [5, 5.41) is 5.02. The quantitative estimate of drug-likeness (QED) is 0.349. The first-order chi connectivity index (χ1) is 13.7. The predicted molar refractivity (Wildman–Crippen MR) is 109 cm³/mol. The van der Waals surface area contributed by atoms with Crippen LogP contribution >= 0.6 is 0 Å². The van der Waals surface area contributed by atoms with Gasteiger partial charge >= 0.3 is 6.61 Å². The molecule has 1 unspecified atom stereocenters. The number of fused-ring (bicyclic) bond motifs is 5. The van der Waals surface area contributed by atoms with Crippen molar-refractivity contribution in [2.24, 2.45) is 0 Å². The lowest BCUT2D eigenvalue weighted by molar-refractivity contribution is -0.0505. The minimum Gasteiger partial charge on any atom is -0.435 e. The molecule has 0 aromatic heterocycles. The van der Waals surface area contributed by atoms with Gasteiger partial charge in [-0.1, -0.05) is 66.7 Å². The number of halogens is 2. The third kappa shape index (κ3) is 2.82. The van der Waals surface area contributed by atoms with E-state index >= 15 is 0 Å². The molecule has 0 heterocycles. The van der Waals surface area contributed by atoms with E-state index in [1.54, 1.807) is 12.1 Å². The molecule has 0 spiro atoms. The van der Waals surface area contributed by atoms with Crippen LogP contribution in [0.3, 0.4) is 0 Å². The highest BCUT2D eigenvalue weighted by Gasteiger charge is 2.26. The molecule has 0 amide bonds. The summed E-state index contributed by atoms with van der Waals surface area (Å²) in [5.74, 6) is 0.364. The first-order valence-electron chi connectivity index (χ1n) is 9.69. The van der Waals surface area contributed by atoms with Gasteiger partial charge in [-0.2, -0.15) is 8.78 Å². The number of ether oxygens (including phenoxy) is 1. The molecule has 0 aliphatic heterocycles. The van der Waals surface area contributed by atoms with Gasteiger partial charge in [-0.25, -0.2) is 0 Å². The summed E-state index contributed by atoms with van der Waals surface area (Å²) < 4.78 is 30.6. The summed E-state index contributed by atoms with van der Waals surface area (Å²) in [5.41, 5.74) is 3.43. The molecule has 4 aromatic carbocycles. The van der Waals surface area contributed by atoms with Crippen LogP contribution in [0.2, 0.25) is 0 Å². The molecule has 0 saturated heterocycles. The van der Waals surface area contributed by atoms with Gasteiger partial charge in [0.1, 0.15) is 5.75 Å². The molecular weight excluding hydrogens is 354 g/mol. The van der Waals surface area contributed by atoms with Crippen LogP contribution in [-0.4, -0.2) is 6.61 Å². The molecule has 0 bridgehead atoms. The second-order valence-corrected chi connectivity index (χ2v) is 7.38. The van der Waals surface area contributed by atoms with E-state index in [0.717, 1.165) is 24.8 Å². The van der Waals surface area contributed by atoms with Gasteiger partial charge in [0.2, 0.25) is 0 Å². The number of hydrogen-bond donors (Lipinski definition) is 0. The van der Waals surface area contributed by atoms with E-state index in [4.69, 9.17) is 4.74 Å². The number of hydrogen-bond acceptors (Lipinski definition) is 1. The van der Waals surface area contributed by atoms with Gasteiger partial charge in [-0.05, 0) is 58.0 Å². The van der Waals surface area contributed by atoms with Crippen LogP contribution in [0.4, 0.5) is 8.78 Å². The molecule has 1 aliphatic rings. The fourth-order valence-corrected chi connectivity index (χ4v) is 4.71. The second kappa shape index (κ2) is 6.90. The Morgan fingerprint density at radius 1 is 0.750 bits per heavy atom. The lowest BCUT2D eigenvalue weighted by atomic mass is 9.76. The van der Waals surface area contributed by atoms with Crippen LogP contribution in [-0.2, 0) is 6.42 Å². The van der Waals surface area contributed by atoms with Crippen LogP contribution in [0, 0.1) is 0 Å². The second-order valence-electron chi connectivity index (χ2n) is 7.38. The summed E-state index contributed by atoms with van der Waals surface area (Å²) in [6, 6.07) is 24.4. The fourth-order valence-electron chi connectivity index (χ4n) is 4.71. The van der Waals surface area contributed by atoms with Gasteiger partial charge in [-0.15, -0.1) is 0 Å². The number of para-hydroxylation sites is 1. The van der Waals surface area contributed by atoms with E-state index in [0.29, 0.717) is 0 Å². The van der Waals surface area contributed by atoms with Gasteiger partial charge in [0.05, 0.1) is 0 Å². The molecule has 0 N–H and O–H groups in total. The van der Waals surface area contributed by atoms with Crippen molar-refractivity contribution >= 4 is 21.5 Å². The Labute approximate surface area is 162 Å². The zero-order chi connectivity index (χ0) is 19.1. The Hall–Kier alpha value is -2.94. The predicted octanol–water partition coefficient (Wildman–Crippen LogP) is 7.06. The number of aryl methyl sites for hydroxylation is 1. The van der Waals surface area contributed by atoms with Gasteiger partial charge in [0.25, 0.3) is 0 Å². The van der Waals surface area contributed by atoms with Crippen LogP contribution in [0.15, 0.2) is 72.8 Å². The maximum atomic E-state index is 12.9. The van der Waals surface area contributed by atoms with Crippen LogP contribution in [0.5, 0.6) is 5.75 Å². The Kier molecular flexibility index (Phi) is 4.23. The van der Waals surface area contributed by atoms with Crippen LogP contribution < -0.4 is 4.74 Å². The van der Waals surface area contributed by atoms with E-state index in [1.807, 2.05) is 12.1 Å². The van der Waals surface area contributed by atoms with Crippen molar-refractivity contribution in [3.05, 3.63) is 89.5 Å². The molecule has 5 rings (SSSR count). The van der Waals surface area contributed by atoms with Gasteiger partial charge in [-0.3, -0.25) is 0 Å². The maximum absolute atomic E-state index is 12.9. The third-order valence-corrected chi connectivity index (χ3v) is 5.88. The van der Waals surface area contributed by atoms with Crippen molar-refractivity contribution in [3.8, 4) is 5.75 Å². The highest BCUT2D eigenvalue weighted by molar-refractivity contribution is 6.08. The molecule has 140 valence electrons. The van der Waals surface area contributed by atoms with Crippen molar-refractivity contribution in [1.82, 2.24) is 0 Å². The third-order valence-electron chi connectivity index (χ3n) is 5.88.